The summed E-state index contributed by atoms with van der Waals surface area (Å²) in [6.07, 6.45) is 4.99. The first-order chi connectivity index (χ1) is 7.96. The Morgan fingerprint density at radius 2 is 1.94 bits per heavy atom. The fourth-order valence-corrected chi connectivity index (χ4v) is 4.33. The van der Waals surface area contributed by atoms with E-state index >= 15 is 0 Å². The highest BCUT2D eigenvalue weighted by Gasteiger charge is 2.30. The summed E-state index contributed by atoms with van der Waals surface area (Å²) in [5.41, 5.74) is 0. The molecule has 102 valence electrons. The normalized spacial score (nSPS) is 26.4. The minimum absolute atomic E-state index is 0.129. The summed E-state index contributed by atoms with van der Waals surface area (Å²) in [6, 6.07) is 0.129. The smallest absolute Gasteiger partial charge is 0.211 e. The van der Waals surface area contributed by atoms with Crippen molar-refractivity contribution in [3.8, 4) is 0 Å². The van der Waals surface area contributed by atoms with E-state index < -0.39 is 10.0 Å². The SMILES string of the molecule is CC(C)C1CCCCC1NS(=O)(=O)CCCCl. The Hall–Kier alpha value is 0.200. The van der Waals surface area contributed by atoms with E-state index in [1.54, 1.807) is 0 Å². The zero-order chi connectivity index (χ0) is 12.9. The van der Waals surface area contributed by atoms with E-state index in [9.17, 15) is 8.42 Å². The van der Waals surface area contributed by atoms with E-state index in [0.717, 1.165) is 19.3 Å². The zero-order valence-electron chi connectivity index (χ0n) is 10.8. The molecule has 3 nitrogen and oxygen atoms in total. The van der Waals surface area contributed by atoms with Crippen LogP contribution in [0.1, 0.15) is 46.0 Å². The molecule has 5 heteroatoms. The lowest BCUT2D eigenvalue weighted by Crippen LogP contribution is -2.44. The molecule has 1 saturated carbocycles. The monoisotopic (exact) mass is 281 g/mol. The molecule has 2 unspecified atom stereocenters. The summed E-state index contributed by atoms with van der Waals surface area (Å²) in [5, 5.41) is 0. The molecule has 1 fully saturated rings. The summed E-state index contributed by atoms with van der Waals surface area (Å²) in [7, 11) is -3.14. The first-order valence-electron chi connectivity index (χ1n) is 6.52. The Balaban J connectivity index is 2.58. The van der Waals surface area contributed by atoms with E-state index in [2.05, 4.69) is 18.6 Å². The average Bonchev–Trinajstić information content (AvgIpc) is 2.26. The Bertz CT molecular complexity index is 316. The average molecular weight is 282 g/mol. The van der Waals surface area contributed by atoms with Crippen LogP contribution in [0, 0.1) is 11.8 Å². The topological polar surface area (TPSA) is 46.2 Å². The number of rotatable bonds is 6. The first-order valence-corrected chi connectivity index (χ1v) is 8.71. The lowest BCUT2D eigenvalue weighted by Gasteiger charge is -2.34. The van der Waals surface area contributed by atoms with E-state index in [1.807, 2.05) is 0 Å². The second-order valence-corrected chi connectivity index (χ2v) is 7.53. The maximum atomic E-state index is 11.9. The van der Waals surface area contributed by atoms with Crippen molar-refractivity contribution in [2.45, 2.75) is 52.0 Å². The molecule has 1 aliphatic rings. The van der Waals surface area contributed by atoms with Gasteiger partial charge in [0.2, 0.25) is 10.0 Å². The fourth-order valence-electron chi connectivity index (χ4n) is 2.64. The van der Waals surface area contributed by atoms with Gasteiger partial charge < -0.3 is 0 Å². The minimum atomic E-state index is -3.14. The van der Waals surface area contributed by atoms with Gasteiger partial charge in [-0.1, -0.05) is 26.7 Å². The molecule has 1 rings (SSSR count). The number of halogens is 1. The minimum Gasteiger partial charge on any atom is -0.212 e. The molecule has 1 N–H and O–H groups in total. The molecule has 0 aromatic carbocycles. The van der Waals surface area contributed by atoms with Crippen LogP contribution in [-0.4, -0.2) is 26.1 Å². The third kappa shape index (κ3) is 5.14. The maximum Gasteiger partial charge on any atom is 0.211 e. The maximum absolute atomic E-state index is 11.9. The van der Waals surface area contributed by atoms with Crippen molar-refractivity contribution in [1.82, 2.24) is 4.72 Å². The van der Waals surface area contributed by atoms with Crippen LogP contribution in [0.5, 0.6) is 0 Å². The molecule has 0 saturated heterocycles. The van der Waals surface area contributed by atoms with Crippen LogP contribution >= 0.6 is 11.6 Å². The van der Waals surface area contributed by atoms with Crippen molar-refractivity contribution < 1.29 is 8.42 Å². The van der Waals surface area contributed by atoms with Gasteiger partial charge in [-0.3, -0.25) is 0 Å². The second kappa shape index (κ2) is 6.95. The molecular formula is C12H24ClNO2S. The zero-order valence-corrected chi connectivity index (χ0v) is 12.4. The van der Waals surface area contributed by atoms with E-state index in [-0.39, 0.29) is 11.8 Å². The van der Waals surface area contributed by atoms with Crippen LogP contribution in [0.2, 0.25) is 0 Å². The van der Waals surface area contributed by atoms with Crippen LogP contribution in [0.25, 0.3) is 0 Å². The molecule has 0 aliphatic heterocycles. The predicted octanol–water partition coefficient (Wildman–Crippen LogP) is 2.75. The highest BCUT2D eigenvalue weighted by atomic mass is 35.5. The molecule has 2 atom stereocenters. The quantitative estimate of drug-likeness (QED) is 0.761. The molecule has 0 spiro atoms. The summed E-state index contributed by atoms with van der Waals surface area (Å²) >= 11 is 5.54. The van der Waals surface area contributed by atoms with Crippen molar-refractivity contribution in [1.29, 1.82) is 0 Å². The molecule has 17 heavy (non-hydrogen) atoms. The Morgan fingerprint density at radius 3 is 2.53 bits per heavy atom. The van der Waals surface area contributed by atoms with Gasteiger partial charge in [0.15, 0.2) is 0 Å². The van der Waals surface area contributed by atoms with E-state index in [0.29, 0.717) is 24.1 Å². The van der Waals surface area contributed by atoms with Gasteiger partial charge in [0.05, 0.1) is 5.75 Å². The standard InChI is InChI=1S/C12H24ClNO2S/c1-10(2)11-6-3-4-7-12(11)14-17(15,16)9-5-8-13/h10-12,14H,3-9H2,1-2H3. The first kappa shape index (κ1) is 15.3. The number of hydrogen-bond acceptors (Lipinski definition) is 2. The number of nitrogens with one attached hydrogen (secondary N) is 1. The Kier molecular flexibility index (Phi) is 6.24. The van der Waals surface area contributed by atoms with E-state index in [4.69, 9.17) is 11.6 Å². The molecule has 0 aromatic heterocycles. The van der Waals surface area contributed by atoms with Gasteiger partial charge >= 0.3 is 0 Å². The predicted molar refractivity (Wildman–Crippen MR) is 72.8 cm³/mol. The summed E-state index contributed by atoms with van der Waals surface area (Å²) in [4.78, 5) is 0. The van der Waals surface area contributed by atoms with Crippen LogP contribution in [0.3, 0.4) is 0 Å². The lowest BCUT2D eigenvalue weighted by molar-refractivity contribution is 0.226. The van der Waals surface area contributed by atoms with Gasteiger partial charge in [0, 0.05) is 11.9 Å². The van der Waals surface area contributed by atoms with Gasteiger partial charge in [-0.15, -0.1) is 11.6 Å². The van der Waals surface area contributed by atoms with Gasteiger partial charge in [-0.25, -0.2) is 13.1 Å². The highest BCUT2D eigenvalue weighted by Crippen LogP contribution is 2.30. The van der Waals surface area contributed by atoms with Gasteiger partial charge in [0.25, 0.3) is 0 Å². The highest BCUT2D eigenvalue weighted by molar-refractivity contribution is 7.89. The van der Waals surface area contributed by atoms with Crippen LogP contribution in [0.4, 0.5) is 0 Å². The largest absolute Gasteiger partial charge is 0.212 e. The summed E-state index contributed by atoms with van der Waals surface area (Å²) in [6.45, 7) is 4.35. The molecule has 0 amide bonds. The van der Waals surface area contributed by atoms with Gasteiger partial charge in [-0.05, 0) is 31.1 Å². The molecule has 0 aromatic rings. The molecule has 0 radical (unpaired) electrons. The molecular weight excluding hydrogens is 258 g/mol. The third-order valence-corrected chi connectivity index (χ3v) is 5.31. The summed E-state index contributed by atoms with van der Waals surface area (Å²) < 4.78 is 26.6. The molecule has 0 bridgehead atoms. The molecule has 1 aliphatic carbocycles. The number of alkyl halides is 1. The second-order valence-electron chi connectivity index (χ2n) is 5.28. The van der Waals surface area contributed by atoms with Crippen LogP contribution in [0.15, 0.2) is 0 Å². The van der Waals surface area contributed by atoms with Crippen LogP contribution < -0.4 is 4.72 Å². The summed E-state index contributed by atoms with van der Waals surface area (Å²) in [5.74, 6) is 1.57. The Labute approximate surface area is 110 Å². The fraction of sp³-hybridized carbons (Fsp3) is 1.00. The molecule has 0 heterocycles. The third-order valence-electron chi connectivity index (χ3n) is 3.55. The van der Waals surface area contributed by atoms with Crippen molar-refractivity contribution in [3.05, 3.63) is 0 Å². The number of hydrogen-bond donors (Lipinski definition) is 1. The van der Waals surface area contributed by atoms with Crippen molar-refractivity contribution in [2.24, 2.45) is 11.8 Å². The van der Waals surface area contributed by atoms with Gasteiger partial charge in [0.1, 0.15) is 0 Å². The van der Waals surface area contributed by atoms with Crippen molar-refractivity contribution >= 4 is 21.6 Å². The van der Waals surface area contributed by atoms with Crippen molar-refractivity contribution in [2.75, 3.05) is 11.6 Å². The Morgan fingerprint density at radius 1 is 1.29 bits per heavy atom. The van der Waals surface area contributed by atoms with Crippen molar-refractivity contribution in [3.63, 3.8) is 0 Å². The lowest BCUT2D eigenvalue weighted by atomic mass is 9.78. The number of sulfonamides is 1. The van der Waals surface area contributed by atoms with Crippen LogP contribution in [-0.2, 0) is 10.0 Å². The van der Waals surface area contributed by atoms with Gasteiger partial charge in [-0.2, -0.15) is 0 Å². The van der Waals surface area contributed by atoms with E-state index in [1.165, 1.54) is 6.42 Å².